The quantitative estimate of drug-likeness (QED) is 0.683. The Morgan fingerprint density at radius 3 is 2.59 bits per heavy atom. The van der Waals surface area contributed by atoms with Crippen LogP contribution in [-0.4, -0.2) is 46.8 Å². The summed E-state index contributed by atoms with van der Waals surface area (Å²) in [5.74, 6) is -0.606. The summed E-state index contributed by atoms with van der Waals surface area (Å²) < 4.78 is 0. The first-order chi connectivity index (χ1) is 13.0. The summed E-state index contributed by atoms with van der Waals surface area (Å²) in [6.07, 6.45) is 3.39. The molecular weight excluding hydrogens is 344 g/mol. The van der Waals surface area contributed by atoms with Crippen molar-refractivity contribution in [3.63, 3.8) is 0 Å². The molecule has 0 bridgehead atoms. The van der Waals surface area contributed by atoms with Crippen LogP contribution in [0.25, 0.3) is 0 Å². The van der Waals surface area contributed by atoms with Crippen molar-refractivity contribution in [1.29, 1.82) is 0 Å². The van der Waals surface area contributed by atoms with Gasteiger partial charge in [0.2, 0.25) is 17.7 Å². The number of nitrogens with two attached hydrogens (primary N) is 1. The van der Waals surface area contributed by atoms with Gasteiger partial charge in [0.1, 0.15) is 12.1 Å². The van der Waals surface area contributed by atoms with Gasteiger partial charge in [-0.05, 0) is 37.7 Å². The molecule has 0 aliphatic carbocycles. The first-order valence-corrected chi connectivity index (χ1v) is 9.71. The minimum absolute atomic E-state index is 0.0815. The summed E-state index contributed by atoms with van der Waals surface area (Å²) in [6.45, 7) is 2.27. The van der Waals surface area contributed by atoms with Crippen molar-refractivity contribution in [2.75, 3.05) is 0 Å². The van der Waals surface area contributed by atoms with E-state index in [9.17, 15) is 14.4 Å². The van der Waals surface area contributed by atoms with Crippen LogP contribution in [0, 0.1) is 0 Å². The van der Waals surface area contributed by atoms with E-state index in [2.05, 4.69) is 10.6 Å². The van der Waals surface area contributed by atoms with Gasteiger partial charge in [0, 0.05) is 12.6 Å². The largest absolute Gasteiger partial charge is 0.350 e. The average Bonchev–Trinajstić information content (AvgIpc) is 3.13. The van der Waals surface area contributed by atoms with Crippen molar-refractivity contribution in [2.24, 2.45) is 5.73 Å². The molecule has 146 valence electrons. The Morgan fingerprint density at radius 1 is 1.19 bits per heavy atom. The maximum Gasteiger partial charge on any atom is 0.246 e. The van der Waals surface area contributed by atoms with Crippen molar-refractivity contribution in [3.05, 3.63) is 35.9 Å². The molecule has 2 fully saturated rings. The van der Waals surface area contributed by atoms with Gasteiger partial charge < -0.3 is 21.3 Å². The van der Waals surface area contributed by atoms with E-state index in [0.717, 1.165) is 18.4 Å². The maximum atomic E-state index is 12.9. The molecule has 0 saturated carbocycles. The molecule has 3 amide bonds. The predicted molar refractivity (Wildman–Crippen MR) is 101 cm³/mol. The highest BCUT2D eigenvalue weighted by Gasteiger charge is 2.46. The molecular formula is C20H28N4O3. The third-order valence-corrected chi connectivity index (χ3v) is 5.55. The van der Waals surface area contributed by atoms with Crippen molar-refractivity contribution in [3.8, 4) is 0 Å². The Morgan fingerprint density at radius 2 is 1.89 bits per heavy atom. The fraction of sp³-hybridized carbons (Fsp3) is 0.550. The number of nitrogens with one attached hydrogen (secondary N) is 2. The van der Waals surface area contributed by atoms with Gasteiger partial charge in [-0.1, -0.05) is 37.3 Å². The Kier molecular flexibility index (Phi) is 6.11. The summed E-state index contributed by atoms with van der Waals surface area (Å²) in [4.78, 5) is 39.4. The number of benzene rings is 1. The molecule has 0 aromatic heterocycles. The standard InChI is InChI=1S/C20H28N4O3/c1-2-15(21)18(25)23-16-10-8-14-9-11-17(24(14)20(16)27)19(26)22-12-13-6-4-3-5-7-13/h3-7,14-17H,2,8-12,21H2,1H3,(H,22,26)(H,23,25)/t14-,15-,16-,17-/m0/s1. The Bertz CT molecular complexity index is 694. The maximum absolute atomic E-state index is 12.9. The van der Waals surface area contributed by atoms with Crippen LogP contribution in [0.3, 0.4) is 0 Å². The molecule has 0 radical (unpaired) electrons. The van der Waals surface area contributed by atoms with E-state index in [0.29, 0.717) is 25.8 Å². The third-order valence-electron chi connectivity index (χ3n) is 5.55. The van der Waals surface area contributed by atoms with E-state index < -0.39 is 18.1 Å². The lowest BCUT2D eigenvalue weighted by Crippen LogP contribution is -2.60. The monoisotopic (exact) mass is 372 g/mol. The molecule has 2 aliphatic rings. The minimum atomic E-state index is -0.612. The van der Waals surface area contributed by atoms with Crippen LogP contribution in [0.2, 0.25) is 0 Å². The summed E-state index contributed by atoms with van der Waals surface area (Å²) in [5.41, 5.74) is 6.77. The number of hydrogen-bond acceptors (Lipinski definition) is 4. The number of nitrogens with zero attached hydrogens (tertiary/aromatic N) is 1. The number of carbonyl (C=O) groups is 3. The lowest BCUT2D eigenvalue weighted by Gasteiger charge is -2.38. The number of amides is 3. The highest BCUT2D eigenvalue weighted by Crippen LogP contribution is 2.32. The van der Waals surface area contributed by atoms with Crippen molar-refractivity contribution >= 4 is 17.7 Å². The molecule has 4 atom stereocenters. The number of rotatable bonds is 6. The van der Waals surface area contributed by atoms with Crippen molar-refractivity contribution in [1.82, 2.24) is 15.5 Å². The normalized spacial score (nSPS) is 25.6. The first kappa shape index (κ1) is 19.4. The highest BCUT2D eigenvalue weighted by atomic mass is 16.2. The lowest BCUT2D eigenvalue weighted by molar-refractivity contribution is -0.146. The van der Waals surface area contributed by atoms with E-state index >= 15 is 0 Å². The molecule has 0 spiro atoms. The summed E-state index contributed by atoms with van der Waals surface area (Å²) in [7, 11) is 0. The van der Waals surface area contributed by atoms with E-state index in [1.807, 2.05) is 37.3 Å². The Labute approximate surface area is 159 Å². The fourth-order valence-electron chi connectivity index (χ4n) is 3.92. The van der Waals surface area contributed by atoms with E-state index in [1.54, 1.807) is 4.90 Å². The van der Waals surface area contributed by atoms with E-state index in [-0.39, 0.29) is 23.8 Å². The predicted octanol–water partition coefficient (Wildman–Crippen LogP) is 0.678. The van der Waals surface area contributed by atoms with Crippen LogP contribution in [-0.2, 0) is 20.9 Å². The topological polar surface area (TPSA) is 105 Å². The van der Waals surface area contributed by atoms with Gasteiger partial charge in [-0.2, -0.15) is 0 Å². The Hall–Kier alpha value is -2.41. The Balaban J connectivity index is 1.62. The third kappa shape index (κ3) is 4.30. The van der Waals surface area contributed by atoms with Crippen LogP contribution in [0.5, 0.6) is 0 Å². The molecule has 2 aliphatic heterocycles. The average molecular weight is 372 g/mol. The van der Waals surface area contributed by atoms with Crippen LogP contribution in [0.4, 0.5) is 0 Å². The zero-order valence-electron chi connectivity index (χ0n) is 15.7. The van der Waals surface area contributed by atoms with E-state index in [4.69, 9.17) is 5.73 Å². The highest BCUT2D eigenvalue weighted by molar-refractivity contribution is 5.94. The van der Waals surface area contributed by atoms with Gasteiger partial charge in [0.15, 0.2) is 0 Å². The number of fused-ring (bicyclic) bond motifs is 1. The SMILES string of the molecule is CC[C@H](N)C(=O)N[C@H]1CC[C@H]2CC[C@@H](C(=O)NCc3ccccc3)N2C1=O. The van der Waals surface area contributed by atoms with Crippen molar-refractivity contribution < 1.29 is 14.4 Å². The van der Waals surface area contributed by atoms with Gasteiger partial charge >= 0.3 is 0 Å². The minimum Gasteiger partial charge on any atom is -0.350 e. The van der Waals surface area contributed by atoms with Crippen LogP contribution in [0.1, 0.15) is 44.6 Å². The van der Waals surface area contributed by atoms with Crippen LogP contribution >= 0.6 is 0 Å². The number of piperidine rings is 1. The second-order valence-electron chi connectivity index (χ2n) is 7.35. The van der Waals surface area contributed by atoms with Gasteiger partial charge in [-0.15, -0.1) is 0 Å². The first-order valence-electron chi connectivity index (χ1n) is 9.71. The molecule has 0 unspecified atom stereocenters. The lowest BCUT2D eigenvalue weighted by atomic mass is 9.97. The van der Waals surface area contributed by atoms with Gasteiger partial charge in [-0.3, -0.25) is 14.4 Å². The van der Waals surface area contributed by atoms with Crippen molar-refractivity contribution in [2.45, 2.75) is 69.7 Å². The number of hydrogen-bond donors (Lipinski definition) is 3. The van der Waals surface area contributed by atoms with Gasteiger partial charge in [0.25, 0.3) is 0 Å². The molecule has 3 rings (SSSR count). The molecule has 7 nitrogen and oxygen atoms in total. The van der Waals surface area contributed by atoms with Crippen LogP contribution in [0.15, 0.2) is 30.3 Å². The molecule has 27 heavy (non-hydrogen) atoms. The zero-order valence-corrected chi connectivity index (χ0v) is 15.7. The summed E-state index contributed by atoms with van der Waals surface area (Å²) in [5, 5.41) is 5.70. The molecule has 2 heterocycles. The molecule has 7 heteroatoms. The zero-order chi connectivity index (χ0) is 19.4. The smallest absolute Gasteiger partial charge is 0.246 e. The second-order valence-corrected chi connectivity index (χ2v) is 7.35. The molecule has 1 aromatic rings. The number of carbonyl (C=O) groups excluding carboxylic acids is 3. The summed E-state index contributed by atoms with van der Waals surface area (Å²) >= 11 is 0. The van der Waals surface area contributed by atoms with E-state index in [1.165, 1.54) is 0 Å². The summed E-state index contributed by atoms with van der Waals surface area (Å²) in [6, 6.07) is 8.10. The fourth-order valence-corrected chi connectivity index (χ4v) is 3.92. The van der Waals surface area contributed by atoms with Crippen LogP contribution < -0.4 is 16.4 Å². The van der Waals surface area contributed by atoms with Gasteiger partial charge in [0.05, 0.1) is 6.04 Å². The molecule has 1 aromatic carbocycles. The molecule has 2 saturated heterocycles. The second kappa shape index (κ2) is 8.52. The van der Waals surface area contributed by atoms with Gasteiger partial charge in [-0.25, -0.2) is 0 Å². The molecule has 4 N–H and O–H groups in total.